The smallest absolute Gasteiger partial charge is 0.0243 e. The molecule has 13 heavy (non-hydrogen) atoms. The van der Waals surface area contributed by atoms with Crippen LogP contribution in [0.3, 0.4) is 0 Å². The zero-order valence-corrected chi connectivity index (χ0v) is 9.27. The van der Waals surface area contributed by atoms with Crippen LogP contribution < -0.4 is 5.32 Å². The van der Waals surface area contributed by atoms with Gasteiger partial charge in [0.2, 0.25) is 0 Å². The van der Waals surface area contributed by atoms with Crippen molar-refractivity contribution in [2.24, 2.45) is 5.92 Å². The van der Waals surface area contributed by atoms with Crippen LogP contribution in [-0.4, -0.2) is 12.6 Å². The fraction of sp³-hybridized carbons (Fsp3) is 0.833. The molecule has 1 nitrogen and oxygen atoms in total. The highest BCUT2D eigenvalue weighted by Gasteiger charge is 2.15. The van der Waals surface area contributed by atoms with Crippen LogP contribution in [0, 0.1) is 18.3 Å². The van der Waals surface area contributed by atoms with Gasteiger partial charge in [-0.25, -0.2) is 0 Å². The first kappa shape index (κ1) is 12.5. The molecule has 0 radical (unpaired) electrons. The minimum Gasteiger partial charge on any atom is -0.313 e. The van der Waals surface area contributed by atoms with Crippen molar-refractivity contribution in [2.75, 3.05) is 6.54 Å². The predicted octanol–water partition coefficient (Wildman–Crippen LogP) is 2.81. The second-order valence-electron chi connectivity index (χ2n) is 3.55. The van der Waals surface area contributed by atoms with Gasteiger partial charge in [0.1, 0.15) is 0 Å². The maximum atomic E-state index is 5.36. The van der Waals surface area contributed by atoms with Crippen molar-refractivity contribution >= 4 is 0 Å². The largest absolute Gasteiger partial charge is 0.313 e. The topological polar surface area (TPSA) is 12.0 Å². The number of nitrogens with one attached hydrogen (secondary N) is 1. The fourth-order valence-electron chi connectivity index (χ4n) is 1.72. The Morgan fingerprint density at radius 2 is 1.85 bits per heavy atom. The van der Waals surface area contributed by atoms with E-state index in [9.17, 15) is 0 Å². The molecule has 0 fully saturated rings. The first-order valence-corrected chi connectivity index (χ1v) is 5.46. The molecule has 0 aliphatic heterocycles. The summed E-state index contributed by atoms with van der Waals surface area (Å²) in [4.78, 5) is 0. The number of terminal acetylenes is 1. The Morgan fingerprint density at radius 1 is 1.23 bits per heavy atom. The molecule has 0 heterocycles. The molecule has 0 saturated heterocycles. The third-order valence-corrected chi connectivity index (χ3v) is 2.61. The molecule has 0 rings (SSSR count). The van der Waals surface area contributed by atoms with Crippen LogP contribution in [0.15, 0.2) is 0 Å². The van der Waals surface area contributed by atoms with E-state index in [1.54, 1.807) is 0 Å². The summed E-state index contributed by atoms with van der Waals surface area (Å²) < 4.78 is 0. The van der Waals surface area contributed by atoms with Crippen molar-refractivity contribution in [1.82, 2.24) is 5.32 Å². The van der Waals surface area contributed by atoms with Crippen LogP contribution in [0.25, 0.3) is 0 Å². The molecule has 1 heteroatoms. The summed E-state index contributed by atoms with van der Waals surface area (Å²) in [5.74, 6) is 3.50. The highest BCUT2D eigenvalue weighted by atomic mass is 14.9. The van der Waals surface area contributed by atoms with Crippen molar-refractivity contribution < 1.29 is 0 Å². The Kier molecular flexibility index (Phi) is 7.83. The lowest BCUT2D eigenvalue weighted by Crippen LogP contribution is -2.36. The van der Waals surface area contributed by atoms with Gasteiger partial charge in [-0.15, -0.1) is 12.3 Å². The maximum Gasteiger partial charge on any atom is 0.0243 e. The Hall–Kier alpha value is -0.480. The quantitative estimate of drug-likeness (QED) is 0.596. The lowest BCUT2D eigenvalue weighted by molar-refractivity contribution is 0.339. The van der Waals surface area contributed by atoms with Gasteiger partial charge in [0.05, 0.1) is 0 Å². The molecule has 0 aromatic carbocycles. The summed E-state index contributed by atoms with van der Waals surface area (Å²) in [7, 11) is 0. The Morgan fingerprint density at radius 3 is 2.23 bits per heavy atom. The van der Waals surface area contributed by atoms with E-state index >= 15 is 0 Å². The van der Waals surface area contributed by atoms with E-state index < -0.39 is 0 Å². The molecule has 0 spiro atoms. The molecular weight excluding hydrogens is 158 g/mol. The van der Waals surface area contributed by atoms with Gasteiger partial charge in [0, 0.05) is 12.5 Å². The number of hydrogen-bond acceptors (Lipinski definition) is 1. The molecule has 0 saturated carbocycles. The van der Waals surface area contributed by atoms with Crippen LogP contribution in [0.4, 0.5) is 0 Å². The van der Waals surface area contributed by atoms with Crippen molar-refractivity contribution in [1.29, 1.82) is 0 Å². The Labute approximate surface area is 83.3 Å². The summed E-state index contributed by atoms with van der Waals surface area (Å²) in [6.45, 7) is 7.76. The first-order valence-electron chi connectivity index (χ1n) is 5.46. The summed E-state index contributed by atoms with van der Waals surface area (Å²) in [6.07, 6.45) is 9.85. The second kappa shape index (κ2) is 8.13. The van der Waals surface area contributed by atoms with Crippen molar-refractivity contribution in [3.8, 4) is 12.3 Å². The highest BCUT2D eigenvalue weighted by molar-refractivity contribution is 4.92. The first-order chi connectivity index (χ1) is 6.29. The fourth-order valence-corrected chi connectivity index (χ4v) is 1.72. The van der Waals surface area contributed by atoms with Gasteiger partial charge < -0.3 is 5.32 Å². The van der Waals surface area contributed by atoms with Crippen molar-refractivity contribution in [2.45, 2.75) is 52.5 Å². The van der Waals surface area contributed by atoms with E-state index in [0.29, 0.717) is 6.04 Å². The molecule has 0 aromatic rings. The summed E-state index contributed by atoms with van der Waals surface area (Å²) in [5, 5.41) is 3.53. The zero-order chi connectivity index (χ0) is 10.1. The van der Waals surface area contributed by atoms with E-state index in [-0.39, 0.29) is 0 Å². The molecule has 0 aromatic heterocycles. The van der Waals surface area contributed by atoms with E-state index in [0.717, 1.165) is 18.9 Å². The molecule has 0 bridgehead atoms. The van der Waals surface area contributed by atoms with Gasteiger partial charge in [-0.3, -0.25) is 0 Å². The Bertz CT molecular complexity index is 142. The van der Waals surface area contributed by atoms with Gasteiger partial charge in [-0.2, -0.15) is 0 Å². The highest BCUT2D eigenvalue weighted by Crippen LogP contribution is 2.15. The standard InChI is InChI=1S/C12H23N/c1-5-9-12(13-10-6-2)11(7-3)8-4/h1,11-13H,6-10H2,2-4H3. The third-order valence-electron chi connectivity index (χ3n) is 2.61. The Balaban J connectivity index is 3.97. The van der Waals surface area contributed by atoms with Crippen LogP contribution in [0.1, 0.15) is 46.5 Å². The summed E-state index contributed by atoms with van der Waals surface area (Å²) in [6, 6.07) is 0.528. The number of hydrogen-bond donors (Lipinski definition) is 1. The van der Waals surface area contributed by atoms with E-state index in [4.69, 9.17) is 6.42 Å². The molecule has 76 valence electrons. The molecule has 0 amide bonds. The second-order valence-corrected chi connectivity index (χ2v) is 3.55. The molecular formula is C12H23N. The van der Waals surface area contributed by atoms with Gasteiger partial charge in [-0.1, -0.05) is 33.6 Å². The van der Waals surface area contributed by atoms with Crippen LogP contribution >= 0.6 is 0 Å². The van der Waals surface area contributed by atoms with Crippen LogP contribution in [0.2, 0.25) is 0 Å². The average molecular weight is 181 g/mol. The van der Waals surface area contributed by atoms with Gasteiger partial charge in [0.25, 0.3) is 0 Å². The monoisotopic (exact) mass is 181 g/mol. The summed E-state index contributed by atoms with van der Waals surface area (Å²) >= 11 is 0. The molecule has 0 aliphatic rings. The lowest BCUT2D eigenvalue weighted by atomic mass is 9.92. The van der Waals surface area contributed by atoms with Crippen LogP contribution in [-0.2, 0) is 0 Å². The average Bonchev–Trinajstić information content (AvgIpc) is 2.16. The van der Waals surface area contributed by atoms with Gasteiger partial charge >= 0.3 is 0 Å². The molecule has 1 atom stereocenters. The van der Waals surface area contributed by atoms with Gasteiger partial charge in [-0.05, 0) is 18.9 Å². The molecule has 1 unspecified atom stereocenters. The van der Waals surface area contributed by atoms with Crippen molar-refractivity contribution in [3.05, 3.63) is 0 Å². The van der Waals surface area contributed by atoms with Gasteiger partial charge in [0.15, 0.2) is 0 Å². The SMILES string of the molecule is C#CCC(NCCC)C(CC)CC. The predicted molar refractivity (Wildman–Crippen MR) is 59.6 cm³/mol. The third kappa shape index (κ3) is 4.95. The van der Waals surface area contributed by atoms with Crippen molar-refractivity contribution in [3.63, 3.8) is 0 Å². The minimum absolute atomic E-state index is 0.528. The van der Waals surface area contributed by atoms with Crippen LogP contribution in [0.5, 0.6) is 0 Å². The van der Waals surface area contributed by atoms with E-state index in [1.807, 2.05) is 0 Å². The lowest BCUT2D eigenvalue weighted by Gasteiger charge is -2.24. The zero-order valence-electron chi connectivity index (χ0n) is 9.27. The minimum atomic E-state index is 0.528. The molecule has 0 aliphatic carbocycles. The molecule has 1 N–H and O–H groups in total. The van der Waals surface area contributed by atoms with E-state index in [2.05, 4.69) is 32.0 Å². The maximum absolute atomic E-state index is 5.36. The van der Waals surface area contributed by atoms with E-state index in [1.165, 1.54) is 19.3 Å². The number of rotatable bonds is 7. The normalized spacial score (nSPS) is 12.8. The summed E-state index contributed by atoms with van der Waals surface area (Å²) in [5.41, 5.74) is 0.